The Labute approximate surface area is 421 Å². The highest BCUT2D eigenvalue weighted by Gasteiger charge is 2.47. The molecular formula is C66H84N2O2. The Kier molecular flexibility index (Phi) is 15.9. The number of hydrogen-bond acceptors (Lipinski definition) is 4. The Hall–Kier alpha value is -4.96. The highest BCUT2D eigenvalue weighted by Crippen LogP contribution is 2.59. The lowest BCUT2D eigenvalue weighted by molar-refractivity contribution is 0.266. The van der Waals surface area contributed by atoms with Crippen LogP contribution in [0, 0.1) is 23.7 Å². The van der Waals surface area contributed by atoms with Gasteiger partial charge in [-0.15, -0.1) is 0 Å². The number of unbranched alkanes of at least 4 members (excludes halogenated alkanes) is 4. The Bertz CT molecular complexity index is 2560. The second kappa shape index (κ2) is 22.2. The van der Waals surface area contributed by atoms with Crippen molar-refractivity contribution in [2.45, 2.75) is 195 Å². The van der Waals surface area contributed by atoms with Gasteiger partial charge in [0, 0.05) is 34.1 Å². The van der Waals surface area contributed by atoms with Crippen LogP contribution in [0.15, 0.2) is 106 Å². The molecule has 9 rings (SSSR count). The minimum Gasteiger partial charge on any atom is -0.436 e. The van der Waals surface area contributed by atoms with Crippen LogP contribution >= 0.6 is 0 Å². The monoisotopic (exact) mass is 937 g/mol. The first-order valence-electron chi connectivity index (χ1n) is 28.5. The van der Waals surface area contributed by atoms with Gasteiger partial charge in [0.25, 0.3) is 0 Å². The summed E-state index contributed by atoms with van der Waals surface area (Å²) >= 11 is 0. The van der Waals surface area contributed by atoms with E-state index >= 15 is 0 Å². The molecule has 7 aromatic rings. The average molecular weight is 937 g/mol. The molecule has 70 heavy (non-hydrogen) atoms. The topological polar surface area (TPSA) is 52.1 Å². The molecule has 0 bridgehead atoms. The largest absolute Gasteiger partial charge is 0.436 e. The molecule has 0 N–H and O–H groups in total. The molecule has 0 spiro atoms. The van der Waals surface area contributed by atoms with Gasteiger partial charge in [-0.1, -0.05) is 219 Å². The molecule has 370 valence electrons. The molecule has 5 aromatic carbocycles. The second-order valence-corrected chi connectivity index (χ2v) is 22.1. The first-order valence-corrected chi connectivity index (χ1v) is 28.5. The van der Waals surface area contributed by atoms with Crippen LogP contribution in [0.3, 0.4) is 0 Å². The van der Waals surface area contributed by atoms with Crippen molar-refractivity contribution in [1.29, 1.82) is 0 Å². The third kappa shape index (κ3) is 9.59. The second-order valence-electron chi connectivity index (χ2n) is 22.1. The number of nitrogens with zero attached hydrogens (tertiary/aromatic N) is 2. The number of hydrogen-bond donors (Lipinski definition) is 0. The molecule has 2 aliphatic carbocycles. The van der Waals surface area contributed by atoms with Crippen LogP contribution < -0.4 is 0 Å². The van der Waals surface area contributed by atoms with E-state index in [1.807, 2.05) is 12.1 Å². The van der Waals surface area contributed by atoms with Gasteiger partial charge >= 0.3 is 0 Å². The summed E-state index contributed by atoms with van der Waals surface area (Å²) < 4.78 is 13.5. The van der Waals surface area contributed by atoms with Gasteiger partial charge < -0.3 is 8.83 Å². The summed E-state index contributed by atoms with van der Waals surface area (Å²) in [4.78, 5) is 10.4. The Morgan fingerprint density at radius 3 is 1.04 bits per heavy atom. The molecule has 2 aromatic heterocycles. The summed E-state index contributed by atoms with van der Waals surface area (Å²) in [5, 5.41) is 0. The van der Waals surface area contributed by atoms with E-state index in [-0.39, 0.29) is 10.8 Å². The van der Waals surface area contributed by atoms with Gasteiger partial charge in [0.15, 0.2) is 11.2 Å². The number of benzene rings is 5. The van der Waals surface area contributed by atoms with E-state index in [4.69, 9.17) is 18.8 Å². The molecule has 0 amide bonds. The van der Waals surface area contributed by atoms with Crippen LogP contribution in [-0.2, 0) is 10.8 Å². The summed E-state index contributed by atoms with van der Waals surface area (Å²) in [6, 6.07) is 36.9. The summed E-state index contributed by atoms with van der Waals surface area (Å²) in [5.74, 6) is 4.02. The predicted octanol–water partition coefficient (Wildman–Crippen LogP) is 20.3. The van der Waals surface area contributed by atoms with Crippen LogP contribution in [0.2, 0.25) is 0 Å². The third-order valence-corrected chi connectivity index (χ3v) is 17.6. The fourth-order valence-electron chi connectivity index (χ4n) is 13.6. The average Bonchev–Trinajstić information content (AvgIpc) is 4.15. The minimum atomic E-state index is -0.0452. The highest BCUT2D eigenvalue weighted by atomic mass is 16.4. The fourth-order valence-corrected chi connectivity index (χ4v) is 13.6. The Balaban J connectivity index is 1.09. The summed E-state index contributed by atoms with van der Waals surface area (Å²) in [6.07, 6.45) is 24.9. The fraction of sp³-hybridized carbons (Fsp3) is 0.515. The molecule has 4 unspecified atom stereocenters. The smallest absolute Gasteiger partial charge is 0.227 e. The summed E-state index contributed by atoms with van der Waals surface area (Å²) in [7, 11) is 0. The van der Waals surface area contributed by atoms with Crippen LogP contribution in [-0.4, -0.2) is 9.97 Å². The van der Waals surface area contributed by atoms with E-state index in [0.29, 0.717) is 35.5 Å². The number of aromatic nitrogens is 2. The lowest BCUT2D eigenvalue weighted by Crippen LogP contribution is -2.31. The van der Waals surface area contributed by atoms with Crippen molar-refractivity contribution in [3.63, 3.8) is 0 Å². The van der Waals surface area contributed by atoms with E-state index < -0.39 is 0 Å². The Morgan fingerprint density at radius 2 is 0.714 bits per heavy atom. The van der Waals surface area contributed by atoms with Gasteiger partial charge in [-0.3, -0.25) is 0 Å². The van der Waals surface area contributed by atoms with Crippen LogP contribution in [0.5, 0.6) is 0 Å². The zero-order valence-electron chi connectivity index (χ0n) is 44.4. The van der Waals surface area contributed by atoms with Crippen molar-refractivity contribution in [2.24, 2.45) is 23.7 Å². The van der Waals surface area contributed by atoms with E-state index in [9.17, 15) is 0 Å². The van der Waals surface area contributed by atoms with E-state index in [1.165, 1.54) is 173 Å². The van der Waals surface area contributed by atoms with Crippen molar-refractivity contribution in [2.75, 3.05) is 0 Å². The standard InChI is InChI=1S/C66H84N2O2/c1-9-17-25-45(13-5)41-65(42-46(14-6)26-18-10-2)55-31-23-21-29-51(55)53-35-33-49(37-57(53)65)63-67-59-39-62-60(40-61(59)69-63)68-64(70-62)50-34-36-54-52-30-22-24-32-56(52)66(58(54)38-50,43-47(15-7)27-19-11-3)44-48(16-8)28-20-12-4/h21-24,29-40,45-48H,9-20,25-28,41-44H2,1-8H3. The van der Waals surface area contributed by atoms with Gasteiger partial charge in [0.1, 0.15) is 11.0 Å². The van der Waals surface area contributed by atoms with Crippen molar-refractivity contribution in [1.82, 2.24) is 9.97 Å². The maximum Gasteiger partial charge on any atom is 0.227 e. The normalized spacial score (nSPS) is 18.7. The third-order valence-electron chi connectivity index (χ3n) is 17.6. The molecule has 4 nitrogen and oxygen atoms in total. The predicted molar refractivity (Wildman–Crippen MR) is 297 cm³/mol. The number of fused-ring (bicyclic) bond motifs is 8. The van der Waals surface area contributed by atoms with Gasteiger partial charge in [-0.05, 0) is 118 Å². The molecule has 0 fully saturated rings. The number of rotatable bonds is 26. The zero-order chi connectivity index (χ0) is 48.8. The SMILES string of the molecule is CCCCC(CC)CC1(CC(CC)CCCC)c2ccccc2-c2ccc(-c3nc4cc5oc(-c6ccc7c(c6)C(CC(CC)CCCC)(CC(CC)CCCC)c6ccccc6-7)nc5cc4o3)cc21. The van der Waals surface area contributed by atoms with Crippen molar-refractivity contribution in [3.8, 4) is 45.2 Å². The van der Waals surface area contributed by atoms with Gasteiger partial charge in [-0.2, -0.15) is 0 Å². The highest BCUT2D eigenvalue weighted by molar-refractivity contribution is 5.92. The van der Waals surface area contributed by atoms with Crippen molar-refractivity contribution < 1.29 is 8.83 Å². The van der Waals surface area contributed by atoms with E-state index in [0.717, 1.165) is 33.3 Å². The first-order chi connectivity index (χ1) is 34.3. The van der Waals surface area contributed by atoms with Gasteiger partial charge in [-0.25, -0.2) is 9.97 Å². The van der Waals surface area contributed by atoms with Crippen LogP contribution in [0.4, 0.5) is 0 Å². The lowest BCUT2D eigenvalue weighted by Gasteiger charge is -2.38. The Morgan fingerprint density at radius 1 is 0.386 bits per heavy atom. The molecule has 2 heterocycles. The first kappa shape index (κ1) is 50.0. The molecule has 0 aliphatic heterocycles. The molecular weight excluding hydrogens is 853 g/mol. The van der Waals surface area contributed by atoms with Crippen molar-refractivity contribution >= 4 is 22.2 Å². The molecule has 0 radical (unpaired) electrons. The van der Waals surface area contributed by atoms with Crippen LogP contribution in [0.25, 0.3) is 67.4 Å². The molecule has 0 saturated heterocycles. The van der Waals surface area contributed by atoms with E-state index in [1.54, 1.807) is 0 Å². The van der Waals surface area contributed by atoms with Gasteiger partial charge in [0.05, 0.1) is 0 Å². The number of oxazole rings is 2. The minimum absolute atomic E-state index is 0.0452. The maximum absolute atomic E-state index is 6.77. The molecule has 4 heteroatoms. The summed E-state index contributed by atoms with van der Waals surface area (Å²) in [6.45, 7) is 19.0. The molecule has 2 aliphatic rings. The molecule has 0 saturated carbocycles. The quantitative estimate of drug-likeness (QED) is 0.0543. The maximum atomic E-state index is 6.77. The summed E-state index contributed by atoms with van der Waals surface area (Å²) in [5.41, 5.74) is 16.7. The van der Waals surface area contributed by atoms with Gasteiger partial charge in [0.2, 0.25) is 11.8 Å². The lowest BCUT2D eigenvalue weighted by atomic mass is 9.65. The molecule has 4 atom stereocenters. The van der Waals surface area contributed by atoms with E-state index in [2.05, 4.69) is 140 Å². The van der Waals surface area contributed by atoms with Crippen molar-refractivity contribution in [3.05, 3.63) is 119 Å². The van der Waals surface area contributed by atoms with Crippen LogP contribution in [0.1, 0.15) is 206 Å². The zero-order valence-corrected chi connectivity index (χ0v) is 44.4.